The molecule has 6 nitrogen and oxygen atoms in total. The fraction of sp³-hybridized carbons (Fsp3) is 0.381. The Hall–Kier alpha value is -2.89. The first kappa shape index (κ1) is 18.9. The quantitative estimate of drug-likeness (QED) is 0.826. The van der Waals surface area contributed by atoms with Crippen LogP contribution < -0.4 is 15.1 Å². The summed E-state index contributed by atoms with van der Waals surface area (Å²) in [6.07, 6.45) is 1.65. The van der Waals surface area contributed by atoms with Crippen LogP contribution in [0.15, 0.2) is 36.9 Å². The zero-order valence-electron chi connectivity index (χ0n) is 16.3. The molecule has 1 fully saturated rings. The van der Waals surface area contributed by atoms with Crippen LogP contribution in [0.4, 0.5) is 11.6 Å². The highest BCUT2D eigenvalue weighted by Crippen LogP contribution is 2.24. The maximum absolute atomic E-state index is 12.2. The number of hydrogen-bond donors (Lipinski definition) is 1. The van der Waals surface area contributed by atoms with Gasteiger partial charge in [0.05, 0.1) is 0 Å². The summed E-state index contributed by atoms with van der Waals surface area (Å²) >= 11 is 0. The Labute approximate surface area is 160 Å². The van der Waals surface area contributed by atoms with Crippen LogP contribution >= 0.6 is 0 Å². The highest BCUT2D eigenvalue weighted by atomic mass is 16.1. The minimum atomic E-state index is -0.198. The lowest BCUT2D eigenvalue weighted by Crippen LogP contribution is -2.47. The number of rotatable bonds is 5. The summed E-state index contributed by atoms with van der Waals surface area (Å²) in [7, 11) is 0. The number of anilines is 2. The molecule has 0 bridgehead atoms. The summed E-state index contributed by atoms with van der Waals surface area (Å²) in [5.41, 5.74) is 5.13. The molecule has 1 N–H and O–H groups in total. The molecular formula is C21H27N5O. The monoisotopic (exact) mass is 365 g/mol. The van der Waals surface area contributed by atoms with Gasteiger partial charge in [-0.3, -0.25) is 4.79 Å². The second-order valence-electron chi connectivity index (χ2n) is 6.89. The van der Waals surface area contributed by atoms with Crippen LogP contribution in [0.3, 0.4) is 0 Å². The second kappa shape index (κ2) is 8.20. The molecule has 2 aromatic rings. The largest absolute Gasteiger partial charge is 0.368 e. The van der Waals surface area contributed by atoms with E-state index < -0.39 is 0 Å². The van der Waals surface area contributed by atoms with Gasteiger partial charge in [0.2, 0.25) is 5.95 Å². The van der Waals surface area contributed by atoms with Crippen LogP contribution in [0.1, 0.15) is 27.3 Å². The average molecular weight is 365 g/mol. The van der Waals surface area contributed by atoms with Crippen LogP contribution in [0.5, 0.6) is 0 Å². The van der Waals surface area contributed by atoms with Crippen molar-refractivity contribution >= 4 is 17.5 Å². The molecule has 1 saturated heterocycles. The summed E-state index contributed by atoms with van der Waals surface area (Å²) < 4.78 is 0. The minimum absolute atomic E-state index is 0.198. The van der Waals surface area contributed by atoms with Gasteiger partial charge >= 0.3 is 0 Å². The molecule has 1 amide bonds. The number of nitrogens with one attached hydrogen (secondary N) is 1. The van der Waals surface area contributed by atoms with E-state index in [0.717, 1.165) is 31.9 Å². The molecule has 0 saturated carbocycles. The van der Waals surface area contributed by atoms with Crippen molar-refractivity contribution in [2.24, 2.45) is 0 Å². The topological polar surface area (TPSA) is 61.4 Å². The van der Waals surface area contributed by atoms with Gasteiger partial charge in [0.1, 0.15) is 5.69 Å². The van der Waals surface area contributed by atoms with Crippen molar-refractivity contribution in [2.45, 2.75) is 20.8 Å². The predicted molar refractivity (Wildman–Crippen MR) is 110 cm³/mol. The maximum Gasteiger partial charge on any atom is 0.270 e. The van der Waals surface area contributed by atoms with E-state index in [1.807, 2.05) is 6.92 Å². The Balaban J connectivity index is 1.72. The molecular weight excluding hydrogens is 338 g/mol. The van der Waals surface area contributed by atoms with E-state index in [1.165, 1.54) is 16.8 Å². The van der Waals surface area contributed by atoms with E-state index in [-0.39, 0.29) is 5.91 Å². The van der Waals surface area contributed by atoms with Crippen LogP contribution in [0, 0.1) is 20.8 Å². The van der Waals surface area contributed by atoms with Gasteiger partial charge < -0.3 is 15.1 Å². The van der Waals surface area contributed by atoms with Crippen molar-refractivity contribution in [2.75, 3.05) is 42.5 Å². The number of piperazine rings is 1. The minimum Gasteiger partial charge on any atom is -0.368 e. The molecule has 2 heterocycles. The summed E-state index contributed by atoms with van der Waals surface area (Å²) in [5.74, 6) is 0.426. The molecule has 27 heavy (non-hydrogen) atoms. The van der Waals surface area contributed by atoms with Crippen LogP contribution in [-0.2, 0) is 0 Å². The van der Waals surface area contributed by atoms with E-state index in [2.05, 4.69) is 63.7 Å². The third-order valence-corrected chi connectivity index (χ3v) is 4.96. The van der Waals surface area contributed by atoms with Crippen molar-refractivity contribution in [3.63, 3.8) is 0 Å². The molecule has 1 aliphatic rings. The summed E-state index contributed by atoms with van der Waals surface area (Å²) in [6.45, 7) is 13.7. The molecule has 0 aliphatic carbocycles. The molecule has 1 aromatic heterocycles. The van der Waals surface area contributed by atoms with Gasteiger partial charge in [-0.2, -0.15) is 0 Å². The van der Waals surface area contributed by atoms with E-state index in [9.17, 15) is 4.79 Å². The molecule has 0 unspecified atom stereocenters. The van der Waals surface area contributed by atoms with Crippen molar-refractivity contribution in [1.82, 2.24) is 15.3 Å². The molecule has 0 spiro atoms. The Bertz CT molecular complexity index is 840. The first-order valence-corrected chi connectivity index (χ1v) is 9.30. The van der Waals surface area contributed by atoms with E-state index in [4.69, 9.17) is 0 Å². The van der Waals surface area contributed by atoms with Gasteiger partial charge in [0, 0.05) is 44.1 Å². The van der Waals surface area contributed by atoms with Gasteiger partial charge in [-0.25, -0.2) is 9.97 Å². The Morgan fingerprint density at radius 1 is 1.15 bits per heavy atom. The predicted octanol–water partition coefficient (Wildman–Crippen LogP) is 2.64. The highest BCUT2D eigenvalue weighted by Gasteiger charge is 2.22. The molecule has 142 valence electrons. The average Bonchev–Trinajstić information content (AvgIpc) is 2.68. The summed E-state index contributed by atoms with van der Waals surface area (Å²) in [6, 6.07) is 8.16. The molecule has 0 atom stereocenters. The first-order valence-electron chi connectivity index (χ1n) is 9.30. The number of aromatic nitrogens is 2. The van der Waals surface area contributed by atoms with Crippen molar-refractivity contribution in [3.05, 3.63) is 59.4 Å². The molecule has 1 aliphatic heterocycles. The Morgan fingerprint density at radius 3 is 2.56 bits per heavy atom. The number of aryl methyl sites for hydroxylation is 2. The fourth-order valence-corrected chi connectivity index (χ4v) is 3.29. The van der Waals surface area contributed by atoms with Crippen molar-refractivity contribution < 1.29 is 4.79 Å². The number of benzene rings is 1. The second-order valence-corrected chi connectivity index (χ2v) is 6.89. The standard InChI is InChI=1S/C21H27N5O/c1-5-9-22-20(27)18-14-16(3)23-21(24-18)26-12-10-25(11-13-26)19-8-6-7-15(2)17(19)4/h5-8,14H,1,9-13H2,2-4H3,(H,22,27). The molecule has 0 radical (unpaired) electrons. The number of carbonyl (C=O) groups is 1. The summed E-state index contributed by atoms with van der Waals surface area (Å²) in [5, 5.41) is 2.77. The normalized spacial score (nSPS) is 14.2. The van der Waals surface area contributed by atoms with Crippen molar-refractivity contribution in [1.29, 1.82) is 0 Å². The van der Waals surface area contributed by atoms with Crippen LogP contribution in [-0.4, -0.2) is 48.6 Å². The third-order valence-electron chi connectivity index (χ3n) is 4.96. The van der Waals surface area contributed by atoms with Gasteiger partial charge in [0.25, 0.3) is 5.91 Å². The van der Waals surface area contributed by atoms with Gasteiger partial charge in [-0.1, -0.05) is 18.2 Å². The van der Waals surface area contributed by atoms with Gasteiger partial charge in [0.15, 0.2) is 0 Å². The lowest BCUT2D eigenvalue weighted by Gasteiger charge is -2.37. The fourth-order valence-electron chi connectivity index (χ4n) is 3.29. The SMILES string of the molecule is C=CCNC(=O)c1cc(C)nc(N2CCN(c3cccc(C)c3C)CC2)n1. The molecule has 3 rings (SSSR count). The Kier molecular flexibility index (Phi) is 5.74. The summed E-state index contributed by atoms with van der Waals surface area (Å²) in [4.78, 5) is 25.8. The van der Waals surface area contributed by atoms with E-state index in [0.29, 0.717) is 18.2 Å². The lowest BCUT2D eigenvalue weighted by molar-refractivity contribution is 0.0953. The molecule has 1 aromatic carbocycles. The first-order chi connectivity index (χ1) is 13.0. The van der Waals surface area contributed by atoms with Gasteiger partial charge in [-0.05, 0) is 44.0 Å². The molecule has 6 heteroatoms. The van der Waals surface area contributed by atoms with E-state index in [1.54, 1.807) is 12.1 Å². The lowest BCUT2D eigenvalue weighted by atomic mass is 10.1. The number of nitrogens with zero attached hydrogens (tertiary/aromatic N) is 4. The van der Waals surface area contributed by atoms with E-state index >= 15 is 0 Å². The van der Waals surface area contributed by atoms with Crippen LogP contribution in [0.25, 0.3) is 0 Å². The van der Waals surface area contributed by atoms with Crippen LogP contribution in [0.2, 0.25) is 0 Å². The maximum atomic E-state index is 12.2. The number of hydrogen-bond acceptors (Lipinski definition) is 5. The van der Waals surface area contributed by atoms with Crippen molar-refractivity contribution in [3.8, 4) is 0 Å². The van der Waals surface area contributed by atoms with Gasteiger partial charge in [-0.15, -0.1) is 6.58 Å². The smallest absolute Gasteiger partial charge is 0.270 e. The Morgan fingerprint density at radius 2 is 1.85 bits per heavy atom. The number of amides is 1. The third kappa shape index (κ3) is 4.27. The zero-order valence-corrected chi connectivity index (χ0v) is 16.3. The number of carbonyl (C=O) groups excluding carboxylic acids is 1. The zero-order chi connectivity index (χ0) is 19.4. The highest BCUT2D eigenvalue weighted by molar-refractivity contribution is 5.92.